The standard InChI is InChI=1S/C15H14ClNO/c16-12-5-7-13(8-6-12)17-9-11-10-18-15-4-2-1-3-14(11)15/h1-8,11,17H,9-10H2. The van der Waals surface area contributed by atoms with Gasteiger partial charge in [-0.25, -0.2) is 0 Å². The second kappa shape index (κ2) is 4.91. The van der Waals surface area contributed by atoms with Gasteiger partial charge in [0.2, 0.25) is 0 Å². The Morgan fingerprint density at radius 3 is 2.72 bits per heavy atom. The summed E-state index contributed by atoms with van der Waals surface area (Å²) >= 11 is 5.86. The quantitative estimate of drug-likeness (QED) is 0.902. The van der Waals surface area contributed by atoms with Crippen molar-refractivity contribution in [1.82, 2.24) is 0 Å². The average Bonchev–Trinajstić information content (AvgIpc) is 2.82. The van der Waals surface area contributed by atoms with Crippen LogP contribution in [-0.4, -0.2) is 13.2 Å². The maximum Gasteiger partial charge on any atom is 0.122 e. The van der Waals surface area contributed by atoms with Gasteiger partial charge in [-0.2, -0.15) is 0 Å². The molecule has 0 bridgehead atoms. The van der Waals surface area contributed by atoms with E-state index in [1.165, 1.54) is 5.56 Å². The molecule has 1 N–H and O–H groups in total. The normalized spacial score (nSPS) is 17.1. The molecule has 0 radical (unpaired) electrons. The summed E-state index contributed by atoms with van der Waals surface area (Å²) in [5, 5.41) is 4.18. The van der Waals surface area contributed by atoms with Crippen molar-refractivity contribution in [2.45, 2.75) is 5.92 Å². The van der Waals surface area contributed by atoms with E-state index >= 15 is 0 Å². The summed E-state index contributed by atoms with van der Waals surface area (Å²) in [6.07, 6.45) is 0. The van der Waals surface area contributed by atoms with E-state index in [2.05, 4.69) is 17.4 Å². The van der Waals surface area contributed by atoms with Gasteiger partial charge in [0.25, 0.3) is 0 Å². The zero-order valence-corrected chi connectivity index (χ0v) is 10.7. The van der Waals surface area contributed by atoms with Crippen LogP contribution in [0, 0.1) is 0 Å². The predicted octanol–water partition coefficient (Wildman–Crippen LogP) is 3.93. The second-order valence-electron chi connectivity index (χ2n) is 4.43. The van der Waals surface area contributed by atoms with Crippen molar-refractivity contribution < 1.29 is 4.74 Å². The van der Waals surface area contributed by atoms with E-state index in [1.54, 1.807) is 0 Å². The number of rotatable bonds is 3. The van der Waals surface area contributed by atoms with E-state index in [4.69, 9.17) is 16.3 Å². The Labute approximate surface area is 112 Å². The van der Waals surface area contributed by atoms with Crippen molar-refractivity contribution in [1.29, 1.82) is 0 Å². The minimum Gasteiger partial charge on any atom is -0.493 e. The summed E-state index contributed by atoms with van der Waals surface area (Å²) in [5.41, 5.74) is 2.38. The fraction of sp³-hybridized carbons (Fsp3) is 0.200. The van der Waals surface area contributed by atoms with E-state index in [-0.39, 0.29) is 0 Å². The summed E-state index contributed by atoms with van der Waals surface area (Å²) in [6, 6.07) is 16.0. The fourth-order valence-electron chi connectivity index (χ4n) is 2.21. The Kier molecular flexibility index (Phi) is 3.11. The first-order chi connectivity index (χ1) is 8.83. The van der Waals surface area contributed by atoms with Crippen molar-refractivity contribution in [3.05, 3.63) is 59.1 Å². The van der Waals surface area contributed by atoms with Gasteiger partial charge in [0.15, 0.2) is 0 Å². The second-order valence-corrected chi connectivity index (χ2v) is 4.87. The third kappa shape index (κ3) is 2.29. The SMILES string of the molecule is Clc1ccc(NCC2COc3ccccc32)cc1. The topological polar surface area (TPSA) is 21.3 Å². The van der Waals surface area contributed by atoms with Gasteiger partial charge in [0, 0.05) is 28.7 Å². The van der Waals surface area contributed by atoms with E-state index in [0.717, 1.165) is 29.6 Å². The Balaban J connectivity index is 1.67. The lowest BCUT2D eigenvalue weighted by Crippen LogP contribution is -2.13. The van der Waals surface area contributed by atoms with Crippen LogP contribution in [0.4, 0.5) is 5.69 Å². The largest absolute Gasteiger partial charge is 0.493 e. The van der Waals surface area contributed by atoms with Crippen molar-refractivity contribution >= 4 is 17.3 Å². The molecule has 1 aliphatic rings. The third-order valence-electron chi connectivity index (χ3n) is 3.20. The molecule has 0 amide bonds. The molecule has 1 heterocycles. The number of benzene rings is 2. The minimum atomic E-state index is 0.414. The van der Waals surface area contributed by atoms with Crippen molar-refractivity contribution in [3.8, 4) is 5.75 Å². The van der Waals surface area contributed by atoms with E-state index in [1.807, 2.05) is 36.4 Å². The van der Waals surface area contributed by atoms with Crippen molar-refractivity contribution in [2.24, 2.45) is 0 Å². The molecule has 2 aromatic carbocycles. The van der Waals surface area contributed by atoms with Gasteiger partial charge in [-0.1, -0.05) is 29.8 Å². The molecule has 0 aliphatic carbocycles. The Bertz CT molecular complexity index is 538. The highest BCUT2D eigenvalue weighted by atomic mass is 35.5. The van der Waals surface area contributed by atoms with Gasteiger partial charge in [-0.3, -0.25) is 0 Å². The molecule has 0 spiro atoms. The molecule has 18 heavy (non-hydrogen) atoms. The number of para-hydroxylation sites is 1. The van der Waals surface area contributed by atoms with Crippen LogP contribution in [0.15, 0.2) is 48.5 Å². The lowest BCUT2D eigenvalue weighted by atomic mass is 10.0. The summed E-state index contributed by atoms with van der Waals surface area (Å²) in [6.45, 7) is 1.62. The molecule has 0 saturated carbocycles. The molecule has 2 aromatic rings. The van der Waals surface area contributed by atoms with Crippen LogP contribution in [-0.2, 0) is 0 Å². The van der Waals surface area contributed by atoms with Crippen molar-refractivity contribution in [2.75, 3.05) is 18.5 Å². The molecule has 0 saturated heterocycles. The van der Waals surface area contributed by atoms with Crippen LogP contribution in [0.25, 0.3) is 0 Å². The first kappa shape index (κ1) is 11.4. The Morgan fingerprint density at radius 1 is 1.11 bits per heavy atom. The molecular formula is C15H14ClNO. The van der Waals surface area contributed by atoms with Gasteiger partial charge in [-0.15, -0.1) is 0 Å². The van der Waals surface area contributed by atoms with Crippen molar-refractivity contribution in [3.63, 3.8) is 0 Å². The van der Waals surface area contributed by atoms with Crippen LogP contribution in [0.1, 0.15) is 11.5 Å². The number of fused-ring (bicyclic) bond motifs is 1. The first-order valence-electron chi connectivity index (χ1n) is 6.04. The third-order valence-corrected chi connectivity index (χ3v) is 3.45. The van der Waals surface area contributed by atoms with E-state index in [9.17, 15) is 0 Å². The molecular weight excluding hydrogens is 246 g/mol. The molecule has 1 aliphatic heterocycles. The molecule has 0 aromatic heterocycles. The summed E-state index contributed by atoms with van der Waals surface area (Å²) in [7, 11) is 0. The van der Waals surface area contributed by atoms with Gasteiger partial charge in [-0.05, 0) is 30.3 Å². The molecule has 92 valence electrons. The smallest absolute Gasteiger partial charge is 0.122 e. The monoisotopic (exact) mass is 259 g/mol. The lowest BCUT2D eigenvalue weighted by molar-refractivity contribution is 0.334. The lowest BCUT2D eigenvalue weighted by Gasteiger charge is -2.11. The highest BCUT2D eigenvalue weighted by molar-refractivity contribution is 6.30. The molecule has 2 nitrogen and oxygen atoms in total. The summed E-state index contributed by atoms with van der Waals surface area (Å²) in [5.74, 6) is 1.43. The average molecular weight is 260 g/mol. The zero-order valence-electron chi connectivity index (χ0n) is 9.90. The van der Waals surface area contributed by atoms with Crippen LogP contribution in [0.3, 0.4) is 0 Å². The number of ether oxygens (including phenoxy) is 1. The van der Waals surface area contributed by atoms with Gasteiger partial charge < -0.3 is 10.1 Å². The molecule has 0 fully saturated rings. The number of halogens is 1. The molecule has 1 unspecified atom stereocenters. The maximum atomic E-state index is 5.86. The summed E-state index contributed by atoms with van der Waals surface area (Å²) < 4.78 is 5.66. The first-order valence-corrected chi connectivity index (χ1v) is 6.42. The van der Waals surface area contributed by atoms with Crippen LogP contribution in [0.5, 0.6) is 5.75 Å². The summed E-state index contributed by atoms with van der Waals surface area (Å²) in [4.78, 5) is 0. The Morgan fingerprint density at radius 2 is 1.89 bits per heavy atom. The van der Waals surface area contributed by atoms with Gasteiger partial charge in [0.1, 0.15) is 5.75 Å². The molecule has 3 heteroatoms. The predicted molar refractivity (Wildman–Crippen MR) is 74.6 cm³/mol. The minimum absolute atomic E-state index is 0.414. The van der Waals surface area contributed by atoms with E-state index < -0.39 is 0 Å². The number of hydrogen-bond acceptors (Lipinski definition) is 2. The fourth-order valence-corrected chi connectivity index (χ4v) is 2.33. The van der Waals surface area contributed by atoms with E-state index in [0.29, 0.717) is 5.92 Å². The number of anilines is 1. The van der Waals surface area contributed by atoms with Gasteiger partial charge in [0.05, 0.1) is 6.61 Å². The Hall–Kier alpha value is -1.67. The highest BCUT2D eigenvalue weighted by Crippen LogP contribution is 2.33. The van der Waals surface area contributed by atoms with Crippen LogP contribution >= 0.6 is 11.6 Å². The number of hydrogen-bond donors (Lipinski definition) is 1. The molecule has 3 rings (SSSR count). The number of nitrogens with one attached hydrogen (secondary N) is 1. The maximum absolute atomic E-state index is 5.86. The molecule has 1 atom stereocenters. The zero-order chi connectivity index (χ0) is 12.4. The van der Waals surface area contributed by atoms with Crippen LogP contribution in [0.2, 0.25) is 5.02 Å². The highest BCUT2D eigenvalue weighted by Gasteiger charge is 2.22. The van der Waals surface area contributed by atoms with Crippen LogP contribution < -0.4 is 10.1 Å². The van der Waals surface area contributed by atoms with Gasteiger partial charge >= 0.3 is 0 Å².